The quantitative estimate of drug-likeness (QED) is 0.469. The molecule has 2 aromatic carbocycles. The monoisotopic (exact) mass is 316 g/mol. The second-order valence-electron chi connectivity index (χ2n) is 4.42. The van der Waals surface area contributed by atoms with E-state index in [0.29, 0.717) is 0 Å². The number of ether oxygens (including phenoxy) is 1. The molecule has 0 heterocycles. The van der Waals surface area contributed by atoms with E-state index in [9.17, 15) is 26.3 Å². The SMILES string of the molecule is [B]c1c(F)cc(F)c(-c2c(F)c(F)c(C)c(F)c2F)c1OC. The molecule has 0 amide bonds. The number of benzene rings is 2. The minimum absolute atomic E-state index is 0.238. The van der Waals surface area contributed by atoms with E-state index in [1.165, 1.54) is 0 Å². The van der Waals surface area contributed by atoms with Gasteiger partial charge in [-0.25, -0.2) is 26.3 Å². The molecular weight excluding hydrogens is 309 g/mol. The van der Waals surface area contributed by atoms with Crippen LogP contribution in [0, 0.1) is 41.8 Å². The summed E-state index contributed by atoms with van der Waals surface area (Å²) in [6.07, 6.45) is 0. The lowest BCUT2D eigenvalue weighted by Crippen LogP contribution is -2.16. The Morgan fingerprint density at radius 2 is 1.32 bits per heavy atom. The van der Waals surface area contributed by atoms with E-state index in [-0.39, 0.29) is 6.07 Å². The molecule has 2 aromatic rings. The standard InChI is InChI=1S/C14H7BF6O/c1-4-10(18)12(20)8(13(21)11(4)19)7-5(16)3-6(17)9(15)14(7)22-2/h3H,1-2H3. The Kier molecular flexibility index (Phi) is 4.13. The van der Waals surface area contributed by atoms with Crippen molar-refractivity contribution in [3.63, 3.8) is 0 Å². The number of hydrogen-bond acceptors (Lipinski definition) is 1. The topological polar surface area (TPSA) is 9.23 Å². The van der Waals surface area contributed by atoms with Gasteiger partial charge in [-0.3, -0.25) is 0 Å². The molecule has 0 aliphatic rings. The summed E-state index contributed by atoms with van der Waals surface area (Å²) in [5.74, 6) is -10.6. The Bertz CT molecular complexity index is 746. The van der Waals surface area contributed by atoms with E-state index >= 15 is 0 Å². The van der Waals surface area contributed by atoms with E-state index in [4.69, 9.17) is 7.85 Å². The molecule has 0 spiro atoms. The predicted octanol–water partition coefficient (Wildman–Crippen LogP) is 3.30. The first kappa shape index (κ1) is 16.3. The summed E-state index contributed by atoms with van der Waals surface area (Å²) < 4.78 is 87.1. The first-order chi connectivity index (χ1) is 10.2. The van der Waals surface area contributed by atoms with Crippen molar-refractivity contribution >= 4 is 13.3 Å². The van der Waals surface area contributed by atoms with Gasteiger partial charge < -0.3 is 4.74 Å². The van der Waals surface area contributed by atoms with Gasteiger partial charge in [0.15, 0.2) is 23.3 Å². The average molecular weight is 316 g/mol. The summed E-state index contributed by atoms with van der Waals surface area (Å²) in [5.41, 5.74) is -4.02. The third-order valence-electron chi connectivity index (χ3n) is 3.16. The molecule has 0 unspecified atom stereocenters. The van der Waals surface area contributed by atoms with Crippen LogP contribution < -0.4 is 10.2 Å². The molecule has 0 saturated heterocycles. The molecule has 0 bridgehead atoms. The molecule has 0 aliphatic carbocycles. The Balaban J connectivity index is 2.99. The van der Waals surface area contributed by atoms with Crippen LogP contribution in [0.3, 0.4) is 0 Å². The van der Waals surface area contributed by atoms with E-state index in [1.807, 2.05) is 0 Å². The molecule has 1 nitrogen and oxygen atoms in total. The maximum absolute atomic E-state index is 14.0. The normalized spacial score (nSPS) is 10.9. The van der Waals surface area contributed by atoms with Gasteiger partial charge in [0.2, 0.25) is 0 Å². The molecule has 8 heteroatoms. The zero-order valence-corrected chi connectivity index (χ0v) is 11.3. The van der Waals surface area contributed by atoms with Crippen molar-refractivity contribution in [1.29, 1.82) is 0 Å². The highest BCUT2D eigenvalue weighted by molar-refractivity contribution is 6.35. The lowest BCUT2D eigenvalue weighted by Gasteiger charge is -2.16. The summed E-state index contributed by atoms with van der Waals surface area (Å²) in [6.45, 7) is 0.813. The van der Waals surface area contributed by atoms with Crippen LogP contribution in [0.2, 0.25) is 0 Å². The van der Waals surface area contributed by atoms with Crippen molar-refractivity contribution in [1.82, 2.24) is 0 Å². The first-order valence-corrected chi connectivity index (χ1v) is 5.86. The molecule has 114 valence electrons. The van der Waals surface area contributed by atoms with Crippen molar-refractivity contribution < 1.29 is 31.1 Å². The van der Waals surface area contributed by atoms with Crippen LogP contribution >= 0.6 is 0 Å². The molecule has 2 radical (unpaired) electrons. The molecule has 0 N–H and O–H groups in total. The number of halogens is 6. The van der Waals surface area contributed by atoms with Gasteiger partial charge in [0, 0.05) is 11.6 Å². The predicted molar refractivity (Wildman–Crippen MR) is 68.3 cm³/mol. The number of methoxy groups -OCH3 is 1. The third kappa shape index (κ3) is 2.22. The first-order valence-electron chi connectivity index (χ1n) is 5.86. The fourth-order valence-corrected chi connectivity index (χ4v) is 2.02. The summed E-state index contributed by atoms with van der Waals surface area (Å²) in [6, 6.07) is 0.238. The highest BCUT2D eigenvalue weighted by Crippen LogP contribution is 2.38. The molecule has 0 aliphatic heterocycles. The van der Waals surface area contributed by atoms with Gasteiger partial charge in [0.05, 0.1) is 18.2 Å². The van der Waals surface area contributed by atoms with Crippen LogP contribution in [0.25, 0.3) is 11.1 Å². The second-order valence-corrected chi connectivity index (χ2v) is 4.42. The minimum Gasteiger partial charge on any atom is -0.497 e. The Hall–Kier alpha value is -2.12. The highest BCUT2D eigenvalue weighted by atomic mass is 19.2. The summed E-state index contributed by atoms with van der Waals surface area (Å²) in [5, 5.41) is 0. The fourth-order valence-electron chi connectivity index (χ4n) is 2.02. The van der Waals surface area contributed by atoms with Crippen molar-refractivity contribution in [2.45, 2.75) is 6.92 Å². The largest absolute Gasteiger partial charge is 0.497 e. The minimum atomic E-state index is -1.83. The lowest BCUT2D eigenvalue weighted by molar-refractivity contribution is 0.410. The second kappa shape index (κ2) is 5.59. The Morgan fingerprint density at radius 3 is 1.77 bits per heavy atom. The molecule has 2 rings (SSSR count). The molecule has 0 aromatic heterocycles. The van der Waals surface area contributed by atoms with Gasteiger partial charge in [-0.05, 0) is 12.4 Å². The van der Waals surface area contributed by atoms with Crippen LogP contribution in [0.5, 0.6) is 5.75 Å². The van der Waals surface area contributed by atoms with Gasteiger partial charge >= 0.3 is 0 Å². The number of hydrogen-bond donors (Lipinski definition) is 0. The molecule has 22 heavy (non-hydrogen) atoms. The van der Waals surface area contributed by atoms with Crippen LogP contribution in [0.1, 0.15) is 5.56 Å². The van der Waals surface area contributed by atoms with Crippen molar-refractivity contribution in [2.24, 2.45) is 0 Å². The fraction of sp³-hybridized carbons (Fsp3) is 0.143. The molecule has 0 atom stereocenters. The maximum atomic E-state index is 14.0. The van der Waals surface area contributed by atoms with Crippen LogP contribution in [-0.4, -0.2) is 15.0 Å². The van der Waals surface area contributed by atoms with Crippen molar-refractivity contribution in [3.8, 4) is 16.9 Å². The van der Waals surface area contributed by atoms with Gasteiger partial charge in [-0.1, -0.05) is 0 Å². The van der Waals surface area contributed by atoms with Gasteiger partial charge in [0.25, 0.3) is 0 Å². The summed E-state index contributed by atoms with van der Waals surface area (Å²) >= 11 is 0. The average Bonchev–Trinajstić information content (AvgIpc) is 2.48. The molecule has 0 fully saturated rings. The van der Waals surface area contributed by atoms with Crippen molar-refractivity contribution in [3.05, 3.63) is 46.5 Å². The zero-order valence-electron chi connectivity index (χ0n) is 11.3. The van der Waals surface area contributed by atoms with Gasteiger partial charge in [-0.15, -0.1) is 0 Å². The molecule has 0 saturated carbocycles. The van der Waals surface area contributed by atoms with Gasteiger partial charge in [-0.2, -0.15) is 0 Å². The Morgan fingerprint density at radius 1 is 0.818 bits per heavy atom. The van der Waals surface area contributed by atoms with E-state index in [0.717, 1.165) is 14.0 Å². The van der Waals surface area contributed by atoms with Crippen molar-refractivity contribution in [2.75, 3.05) is 7.11 Å². The zero-order chi connectivity index (χ0) is 16.8. The van der Waals surface area contributed by atoms with Crippen LogP contribution in [0.4, 0.5) is 26.3 Å². The number of rotatable bonds is 2. The lowest BCUT2D eigenvalue weighted by atomic mass is 9.88. The highest BCUT2D eigenvalue weighted by Gasteiger charge is 2.29. The maximum Gasteiger partial charge on any atom is 0.170 e. The smallest absolute Gasteiger partial charge is 0.170 e. The van der Waals surface area contributed by atoms with Crippen LogP contribution in [0.15, 0.2) is 6.07 Å². The van der Waals surface area contributed by atoms with E-state index < -0.39 is 62.8 Å². The van der Waals surface area contributed by atoms with Gasteiger partial charge in [0.1, 0.15) is 25.2 Å². The summed E-state index contributed by atoms with van der Waals surface area (Å²) in [7, 11) is 6.24. The summed E-state index contributed by atoms with van der Waals surface area (Å²) in [4.78, 5) is 0. The van der Waals surface area contributed by atoms with Crippen LogP contribution in [-0.2, 0) is 0 Å². The van der Waals surface area contributed by atoms with E-state index in [2.05, 4.69) is 4.74 Å². The third-order valence-corrected chi connectivity index (χ3v) is 3.16. The Labute approximate surface area is 122 Å². The van der Waals surface area contributed by atoms with E-state index in [1.54, 1.807) is 0 Å². The molecular formula is C14H7BF6O.